The van der Waals surface area contributed by atoms with Crippen molar-refractivity contribution in [1.29, 1.82) is 0 Å². The molecule has 0 amide bonds. The summed E-state index contributed by atoms with van der Waals surface area (Å²) in [6.07, 6.45) is 1.23. The lowest BCUT2D eigenvalue weighted by Gasteiger charge is -2.17. The second-order valence-corrected chi connectivity index (χ2v) is 6.15. The Kier molecular flexibility index (Phi) is 4.59. The molecule has 1 aromatic rings. The molecule has 1 N–H and O–H groups in total. The number of rotatable bonds is 5. The van der Waals surface area contributed by atoms with Gasteiger partial charge in [0.25, 0.3) is 0 Å². The lowest BCUT2D eigenvalue weighted by molar-refractivity contribution is 0.481. The number of benzene rings is 1. The van der Waals surface area contributed by atoms with E-state index < -0.39 is 27.5 Å². The highest BCUT2D eigenvalue weighted by molar-refractivity contribution is 7.90. The van der Waals surface area contributed by atoms with Crippen LogP contribution in [0.3, 0.4) is 0 Å². The van der Waals surface area contributed by atoms with Gasteiger partial charge in [0, 0.05) is 17.9 Å². The molecule has 1 aromatic carbocycles. The second-order valence-electron chi connectivity index (χ2n) is 3.90. The number of sulfone groups is 1. The van der Waals surface area contributed by atoms with Gasteiger partial charge in [0.1, 0.15) is 21.5 Å². The Morgan fingerprint density at radius 2 is 1.82 bits per heavy atom. The summed E-state index contributed by atoms with van der Waals surface area (Å²) < 4.78 is 49.0. The summed E-state index contributed by atoms with van der Waals surface area (Å²) in [6.45, 7) is 0. The van der Waals surface area contributed by atoms with Crippen LogP contribution in [0.25, 0.3) is 0 Å². The molecule has 0 aliphatic carbocycles. The van der Waals surface area contributed by atoms with Crippen molar-refractivity contribution in [2.75, 3.05) is 19.1 Å². The predicted molar refractivity (Wildman–Crippen MR) is 62.5 cm³/mol. The van der Waals surface area contributed by atoms with Gasteiger partial charge in [-0.2, -0.15) is 0 Å². The highest BCUT2D eigenvalue weighted by atomic mass is 32.2. The van der Waals surface area contributed by atoms with Gasteiger partial charge in [-0.25, -0.2) is 17.2 Å². The van der Waals surface area contributed by atoms with Crippen LogP contribution in [0.4, 0.5) is 8.78 Å². The van der Waals surface area contributed by atoms with Gasteiger partial charge < -0.3 is 5.32 Å². The summed E-state index contributed by atoms with van der Waals surface area (Å²) in [6, 6.07) is 2.94. The molecule has 0 saturated carbocycles. The second kappa shape index (κ2) is 5.55. The van der Waals surface area contributed by atoms with Crippen LogP contribution >= 0.6 is 0 Å². The Balaban J connectivity index is 2.94. The van der Waals surface area contributed by atoms with Crippen molar-refractivity contribution in [2.45, 2.75) is 12.5 Å². The van der Waals surface area contributed by atoms with Crippen LogP contribution < -0.4 is 5.32 Å². The molecule has 6 heteroatoms. The van der Waals surface area contributed by atoms with Gasteiger partial charge in [0.15, 0.2) is 0 Å². The van der Waals surface area contributed by atoms with Gasteiger partial charge in [0.05, 0.1) is 5.75 Å². The summed E-state index contributed by atoms with van der Waals surface area (Å²) in [5.74, 6) is -1.46. The Morgan fingerprint density at radius 1 is 1.29 bits per heavy atom. The van der Waals surface area contributed by atoms with Crippen LogP contribution in [0.15, 0.2) is 18.2 Å². The summed E-state index contributed by atoms with van der Waals surface area (Å²) in [5.41, 5.74) is -0.112. The van der Waals surface area contributed by atoms with Crippen molar-refractivity contribution < 1.29 is 17.2 Å². The van der Waals surface area contributed by atoms with Gasteiger partial charge in [0.2, 0.25) is 0 Å². The minimum Gasteiger partial charge on any atom is -0.313 e. The first-order valence-electron chi connectivity index (χ1n) is 5.14. The molecule has 96 valence electrons. The van der Waals surface area contributed by atoms with Crippen molar-refractivity contribution in [3.63, 3.8) is 0 Å². The van der Waals surface area contributed by atoms with E-state index in [-0.39, 0.29) is 17.7 Å². The van der Waals surface area contributed by atoms with Crippen LogP contribution in [0, 0.1) is 11.6 Å². The molecule has 0 saturated heterocycles. The lowest BCUT2D eigenvalue weighted by Crippen LogP contribution is -2.22. The summed E-state index contributed by atoms with van der Waals surface area (Å²) >= 11 is 0. The summed E-state index contributed by atoms with van der Waals surface area (Å²) in [7, 11) is -1.61. The number of hydrogen-bond acceptors (Lipinski definition) is 3. The Bertz CT molecular complexity index is 468. The first-order valence-corrected chi connectivity index (χ1v) is 7.20. The maximum Gasteiger partial charge on any atom is 0.147 e. The van der Waals surface area contributed by atoms with E-state index >= 15 is 0 Å². The third-order valence-electron chi connectivity index (χ3n) is 2.47. The highest BCUT2D eigenvalue weighted by Crippen LogP contribution is 2.23. The molecule has 0 spiro atoms. The number of nitrogens with one attached hydrogen (secondary N) is 1. The van der Waals surface area contributed by atoms with Gasteiger partial charge >= 0.3 is 0 Å². The molecule has 3 nitrogen and oxygen atoms in total. The van der Waals surface area contributed by atoms with E-state index in [9.17, 15) is 17.2 Å². The monoisotopic (exact) mass is 263 g/mol. The zero-order chi connectivity index (χ0) is 13.1. The Hall–Kier alpha value is -1.01. The van der Waals surface area contributed by atoms with Gasteiger partial charge in [-0.3, -0.25) is 0 Å². The van der Waals surface area contributed by atoms with E-state index in [2.05, 4.69) is 5.32 Å². The maximum atomic E-state index is 13.5. The van der Waals surface area contributed by atoms with E-state index in [0.717, 1.165) is 18.4 Å². The fourth-order valence-electron chi connectivity index (χ4n) is 1.61. The van der Waals surface area contributed by atoms with Crippen LogP contribution in [0.5, 0.6) is 0 Å². The third-order valence-corrected chi connectivity index (χ3v) is 3.45. The zero-order valence-corrected chi connectivity index (χ0v) is 10.5. The quantitative estimate of drug-likeness (QED) is 0.879. The van der Waals surface area contributed by atoms with Gasteiger partial charge in [-0.1, -0.05) is 6.07 Å². The van der Waals surface area contributed by atoms with E-state index in [0.29, 0.717) is 0 Å². The van der Waals surface area contributed by atoms with Crippen LogP contribution in [-0.4, -0.2) is 27.5 Å². The molecule has 0 radical (unpaired) electrons. The van der Waals surface area contributed by atoms with Crippen LogP contribution in [0.1, 0.15) is 18.0 Å². The number of halogens is 2. The van der Waals surface area contributed by atoms with Crippen molar-refractivity contribution in [3.05, 3.63) is 35.4 Å². The minimum absolute atomic E-state index is 0.112. The molecular formula is C11H15F2NO2S. The molecule has 1 atom stereocenters. The number of hydrogen-bond donors (Lipinski definition) is 1. The van der Waals surface area contributed by atoms with E-state index in [1.807, 2.05) is 0 Å². The van der Waals surface area contributed by atoms with Crippen LogP contribution in [-0.2, 0) is 9.84 Å². The topological polar surface area (TPSA) is 46.2 Å². The predicted octanol–water partition coefficient (Wildman–Crippen LogP) is 1.66. The molecular weight excluding hydrogens is 248 g/mol. The van der Waals surface area contributed by atoms with E-state index in [1.165, 1.54) is 6.07 Å². The largest absolute Gasteiger partial charge is 0.313 e. The zero-order valence-electron chi connectivity index (χ0n) is 9.70. The van der Waals surface area contributed by atoms with E-state index in [1.54, 1.807) is 7.05 Å². The summed E-state index contributed by atoms with van der Waals surface area (Å²) in [4.78, 5) is 0. The van der Waals surface area contributed by atoms with Crippen molar-refractivity contribution in [1.82, 2.24) is 5.32 Å². The molecule has 0 heterocycles. The molecule has 1 rings (SSSR count). The third kappa shape index (κ3) is 4.05. The molecule has 17 heavy (non-hydrogen) atoms. The van der Waals surface area contributed by atoms with Crippen molar-refractivity contribution in [2.24, 2.45) is 0 Å². The Labute approximate surface area is 99.8 Å². The minimum atomic E-state index is -3.15. The standard InChI is InChI=1S/C11H15F2NO2S/c1-14-10(6-7-17(2,15)16)11-8(12)4-3-5-9(11)13/h3-5,10,14H,6-7H2,1-2H3. The fraction of sp³-hybridized carbons (Fsp3) is 0.455. The summed E-state index contributed by atoms with van der Waals surface area (Å²) in [5, 5.41) is 2.73. The van der Waals surface area contributed by atoms with Crippen LogP contribution in [0.2, 0.25) is 0 Å². The molecule has 1 unspecified atom stereocenters. The average Bonchev–Trinajstić information content (AvgIpc) is 2.21. The van der Waals surface area contributed by atoms with Gasteiger partial charge in [-0.15, -0.1) is 0 Å². The Morgan fingerprint density at radius 3 is 2.24 bits per heavy atom. The molecule has 0 aliphatic heterocycles. The molecule has 0 aromatic heterocycles. The lowest BCUT2D eigenvalue weighted by atomic mass is 10.0. The highest BCUT2D eigenvalue weighted by Gasteiger charge is 2.19. The first kappa shape index (κ1) is 14.1. The SMILES string of the molecule is CNC(CCS(C)(=O)=O)c1c(F)cccc1F. The maximum absolute atomic E-state index is 13.5. The average molecular weight is 263 g/mol. The normalized spacial score (nSPS) is 13.6. The van der Waals surface area contributed by atoms with Crippen molar-refractivity contribution in [3.8, 4) is 0 Å². The van der Waals surface area contributed by atoms with E-state index in [4.69, 9.17) is 0 Å². The molecule has 0 aliphatic rings. The van der Waals surface area contributed by atoms with Crippen molar-refractivity contribution >= 4 is 9.84 Å². The first-order chi connectivity index (χ1) is 7.85. The fourth-order valence-corrected chi connectivity index (χ4v) is 2.27. The smallest absolute Gasteiger partial charge is 0.147 e. The van der Waals surface area contributed by atoms with Gasteiger partial charge in [-0.05, 0) is 25.6 Å². The molecule has 0 fully saturated rings. The molecule has 0 bridgehead atoms.